The molecule has 0 heterocycles. The zero-order chi connectivity index (χ0) is 17.9. The first-order valence-electron chi connectivity index (χ1n) is 8.55. The summed E-state index contributed by atoms with van der Waals surface area (Å²) < 4.78 is 5.37. The van der Waals surface area contributed by atoms with Crippen LogP contribution in [-0.4, -0.2) is 25.0 Å². The van der Waals surface area contributed by atoms with Crippen molar-refractivity contribution in [3.05, 3.63) is 71.3 Å². The Morgan fingerprint density at radius 1 is 0.960 bits per heavy atom. The van der Waals surface area contributed by atoms with Crippen molar-refractivity contribution >= 4 is 11.9 Å². The maximum atomic E-state index is 12.2. The molecule has 2 aromatic rings. The number of benzene rings is 2. The van der Waals surface area contributed by atoms with E-state index in [4.69, 9.17) is 4.74 Å². The lowest BCUT2D eigenvalue weighted by molar-refractivity contribution is 0.0472. The number of hydrogen-bond acceptors (Lipinski definition) is 3. The van der Waals surface area contributed by atoms with E-state index in [1.165, 1.54) is 0 Å². The van der Waals surface area contributed by atoms with Crippen LogP contribution in [-0.2, 0) is 17.9 Å². The largest absolute Gasteiger partial charge is 0.457 e. The third kappa shape index (κ3) is 6.30. The van der Waals surface area contributed by atoms with Crippen LogP contribution in [0.5, 0.6) is 0 Å². The van der Waals surface area contributed by atoms with Crippen LogP contribution in [0.4, 0.5) is 0 Å². The summed E-state index contributed by atoms with van der Waals surface area (Å²) in [6.07, 6.45) is 0. The van der Waals surface area contributed by atoms with Gasteiger partial charge in [-0.25, -0.2) is 9.79 Å². The second-order valence-electron chi connectivity index (χ2n) is 5.49. The predicted octanol–water partition coefficient (Wildman–Crippen LogP) is 3.12. The number of carbonyl (C=O) groups excluding carboxylic acids is 1. The molecule has 0 aliphatic carbocycles. The number of esters is 1. The van der Waals surface area contributed by atoms with Crippen molar-refractivity contribution < 1.29 is 9.53 Å². The van der Waals surface area contributed by atoms with Crippen LogP contribution in [0.3, 0.4) is 0 Å². The average Bonchev–Trinajstić information content (AvgIpc) is 2.65. The molecule has 0 fully saturated rings. The fraction of sp³-hybridized carbons (Fsp3) is 0.300. The molecule has 0 atom stereocenters. The van der Waals surface area contributed by atoms with Crippen molar-refractivity contribution in [3.8, 4) is 0 Å². The van der Waals surface area contributed by atoms with E-state index >= 15 is 0 Å². The molecule has 0 unspecified atom stereocenters. The average molecular weight is 339 g/mol. The number of ether oxygens (including phenoxy) is 1. The molecule has 5 nitrogen and oxygen atoms in total. The van der Waals surface area contributed by atoms with E-state index < -0.39 is 0 Å². The van der Waals surface area contributed by atoms with E-state index in [0.717, 1.165) is 30.2 Å². The summed E-state index contributed by atoms with van der Waals surface area (Å²) in [6.45, 7) is 6.42. The lowest BCUT2D eigenvalue weighted by Gasteiger charge is -2.09. The highest BCUT2D eigenvalue weighted by Gasteiger charge is 2.08. The number of rotatable bonds is 7. The Hall–Kier alpha value is -2.82. The summed E-state index contributed by atoms with van der Waals surface area (Å²) in [4.78, 5) is 16.7. The number of nitrogens with one attached hydrogen (secondary N) is 2. The van der Waals surface area contributed by atoms with Crippen LogP contribution in [0.1, 0.15) is 35.3 Å². The molecular formula is C20H25N3O2. The third-order valence-electron chi connectivity index (χ3n) is 3.48. The van der Waals surface area contributed by atoms with Crippen molar-refractivity contribution in [3.63, 3.8) is 0 Å². The summed E-state index contributed by atoms with van der Waals surface area (Å²) in [7, 11) is 0. The quantitative estimate of drug-likeness (QED) is 0.462. The molecular weight excluding hydrogens is 314 g/mol. The lowest BCUT2D eigenvalue weighted by Crippen LogP contribution is -2.36. The number of carbonyl (C=O) groups is 1. The van der Waals surface area contributed by atoms with Crippen LogP contribution in [0.15, 0.2) is 59.6 Å². The maximum absolute atomic E-state index is 12.2. The van der Waals surface area contributed by atoms with E-state index in [1.807, 2.05) is 62.4 Å². The van der Waals surface area contributed by atoms with Crippen LogP contribution >= 0.6 is 0 Å². The molecule has 2 aromatic carbocycles. The number of aliphatic imine (C=N–C) groups is 1. The Kier molecular flexibility index (Phi) is 7.50. The van der Waals surface area contributed by atoms with Gasteiger partial charge in [0.15, 0.2) is 5.96 Å². The molecule has 2 rings (SSSR count). The standard InChI is InChI=1S/C20H25N3O2/c1-3-21-20(22-4-2)23-14-17-11-8-12-18(13-17)19(24)25-15-16-9-6-5-7-10-16/h5-13H,3-4,14-15H2,1-2H3,(H2,21,22,23). The van der Waals surface area contributed by atoms with Gasteiger partial charge in [-0.2, -0.15) is 0 Å². The van der Waals surface area contributed by atoms with Gasteiger partial charge in [0, 0.05) is 13.1 Å². The van der Waals surface area contributed by atoms with Gasteiger partial charge < -0.3 is 15.4 Å². The molecule has 0 radical (unpaired) electrons. The van der Waals surface area contributed by atoms with Gasteiger partial charge in [0.2, 0.25) is 0 Å². The molecule has 0 aliphatic rings. The highest BCUT2D eigenvalue weighted by Crippen LogP contribution is 2.10. The Morgan fingerprint density at radius 2 is 1.64 bits per heavy atom. The first-order chi connectivity index (χ1) is 12.2. The van der Waals surface area contributed by atoms with Gasteiger partial charge in [-0.1, -0.05) is 42.5 Å². The van der Waals surface area contributed by atoms with Gasteiger partial charge >= 0.3 is 5.97 Å². The molecule has 25 heavy (non-hydrogen) atoms. The normalized spacial score (nSPS) is 10.0. The van der Waals surface area contributed by atoms with Gasteiger partial charge in [-0.15, -0.1) is 0 Å². The Morgan fingerprint density at radius 3 is 2.32 bits per heavy atom. The van der Waals surface area contributed by atoms with E-state index in [0.29, 0.717) is 12.1 Å². The second kappa shape index (κ2) is 10.1. The zero-order valence-corrected chi connectivity index (χ0v) is 14.8. The minimum Gasteiger partial charge on any atom is -0.457 e. The van der Waals surface area contributed by atoms with Crippen molar-refractivity contribution in [1.82, 2.24) is 10.6 Å². The summed E-state index contributed by atoms with van der Waals surface area (Å²) in [6, 6.07) is 17.0. The topological polar surface area (TPSA) is 62.7 Å². The number of guanidine groups is 1. The van der Waals surface area contributed by atoms with Crippen molar-refractivity contribution in [1.29, 1.82) is 0 Å². The fourth-order valence-corrected chi connectivity index (χ4v) is 2.28. The Balaban J connectivity index is 1.97. The van der Waals surface area contributed by atoms with Gasteiger partial charge in [-0.05, 0) is 37.1 Å². The van der Waals surface area contributed by atoms with Gasteiger partial charge in [0.1, 0.15) is 6.61 Å². The smallest absolute Gasteiger partial charge is 0.338 e. The summed E-state index contributed by atoms with van der Waals surface area (Å²) in [5, 5.41) is 6.35. The Bertz CT molecular complexity index is 691. The van der Waals surface area contributed by atoms with Crippen LogP contribution in [0, 0.1) is 0 Å². The summed E-state index contributed by atoms with van der Waals surface area (Å²) >= 11 is 0. The van der Waals surface area contributed by atoms with Crippen molar-refractivity contribution in [2.45, 2.75) is 27.0 Å². The van der Waals surface area contributed by atoms with Gasteiger partial charge in [-0.3, -0.25) is 0 Å². The van der Waals surface area contributed by atoms with Crippen LogP contribution in [0.25, 0.3) is 0 Å². The van der Waals surface area contributed by atoms with E-state index in [2.05, 4.69) is 15.6 Å². The molecule has 132 valence electrons. The second-order valence-corrected chi connectivity index (χ2v) is 5.49. The molecule has 0 spiro atoms. The fourth-order valence-electron chi connectivity index (χ4n) is 2.28. The molecule has 0 amide bonds. The Labute approximate surface area is 149 Å². The number of nitrogens with zero attached hydrogens (tertiary/aromatic N) is 1. The predicted molar refractivity (Wildman–Crippen MR) is 100 cm³/mol. The lowest BCUT2D eigenvalue weighted by atomic mass is 10.1. The molecule has 2 N–H and O–H groups in total. The van der Waals surface area contributed by atoms with Crippen molar-refractivity contribution in [2.75, 3.05) is 13.1 Å². The van der Waals surface area contributed by atoms with Crippen LogP contribution in [0.2, 0.25) is 0 Å². The zero-order valence-electron chi connectivity index (χ0n) is 14.8. The minimum absolute atomic E-state index is 0.271. The highest BCUT2D eigenvalue weighted by atomic mass is 16.5. The SMILES string of the molecule is CCNC(=NCc1cccc(C(=O)OCc2ccccc2)c1)NCC. The monoisotopic (exact) mass is 339 g/mol. The summed E-state index contributed by atoms with van der Waals surface area (Å²) in [5.74, 6) is 0.440. The van der Waals surface area contributed by atoms with Crippen LogP contribution < -0.4 is 10.6 Å². The highest BCUT2D eigenvalue weighted by molar-refractivity contribution is 5.89. The molecule has 0 bridgehead atoms. The maximum Gasteiger partial charge on any atom is 0.338 e. The first kappa shape index (κ1) is 18.5. The van der Waals surface area contributed by atoms with Gasteiger partial charge in [0.25, 0.3) is 0 Å². The van der Waals surface area contributed by atoms with E-state index in [1.54, 1.807) is 6.07 Å². The molecule has 0 saturated carbocycles. The van der Waals surface area contributed by atoms with Gasteiger partial charge in [0.05, 0.1) is 12.1 Å². The molecule has 0 saturated heterocycles. The van der Waals surface area contributed by atoms with E-state index in [9.17, 15) is 4.79 Å². The van der Waals surface area contributed by atoms with Crippen molar-refractivity contribution in [2.24, 2.45) is 4.99 Å². The summed E-state index contributed by atoms with van der Waals surface area (Å²) in [5.41, 5.74) is 2.47. The first-order valence-corrected chi connectivity index (χ1v) is 8.55. The van der Waals surface area contributed by atoms with E-state index in [-0.39, 0.29) is 12.6 Å². The number of hydrogen-bond donors (Lipinski definition) is 2. The minimum atomic E-state index is -0.326. The molecule has 0 aromatic heterocycles. The third-order valence-corrected chi connectivity index (χ3v) is 3.48. The molecule has 5 heteroatoms. The molecule has 0 aliphatic heterocycles.